The molecule has 0 spiro atoms. The van der Waals surface area contributed by atoms with E-state index in [4.69, 9.17) is 4.74 Å². The number of hydrogen-bond donors (Lipinski definition) is 0. The topological polar surface area (TPSA) is 26.3 Å². The van der Waals surface area contributed by atoms with E-state index >= 15 is 0 Å². The first kappa shape index (κ1) is 11.1. The molecule has 0 amide bonds. The lowest BCUT2D eigenvalue weighted by atomic mass is 10.0. The minimum absolute atomic E-state index is 0.0217. The zero-order chi connectivity index (χ0) is 11.5. The molecular formula is C13H15FO2. The predicted molar refractivity (Wildman–Crippen MR) is 59.2 cm³/mol. The van der Waals surface area contributed by atoms with Crippen molar-refractivity contribution in [3.63, 3.8) is 0 Å². The van der Waals surface area contributed by atoms with Crippen molar-refractivity contribution in [3.8, 4) is 5.75 Å². The monoisotopic (exact) mass is 222 g/mol. The lowest BCUT2D eigenvalue weighted by Crippen LogP contribution is -2.01. The number of halogens is 1. The summed E-state index contributed by atoms with van der Waals surface area (Å²) >= 11 is 0. The molecule has 2 nitrogen and oxygen atoms in total. The Labute approximate surface area is 94.4 Å². The number of methoxy groups -OCH3 is 1. The van der Waals surface area contributed by atoms with Gasteiger partial charge in [0.1, 0.15) is 0 Å². The number of rotatable bonds is 5. The average molecular weight is 222 g/mol. The van der Waals surface area contributed by atoms with Gasteiger partial charge in [-0.25, -0.2) is 4.39 Å². The number of Topliss-reactive ketones (excluding diaryl/α,β-unsaturated/α-hetero) is 1. The second-order valence-electron chi connectivity index (χ2n) is 4.25. The van der Waals surface area contributed by atoms with Crippen LogP contribution < -0.4 is 4.74 Å². The van der Waals surface area contributed by atoms with Crippen LogP contribution in [-0.2, 0) is 0 Å². The second kappa shape index (κ2) is 4.64. The third-order valence-corrected chi connectivity index (χ3v) is 2.95. The quantitative estimate of drug-likeness (QED) is 0.715. The highest BCUT2D eigenvalue weighted by Gasteiger charge is 2.22. The Morgan fingerprint density at radius 2 is 2.25 bits per heavy atom. The number of carbonyl (C=O) groups excluding carboxylic acids is 1. The van der Waals surface area contributed by atoms with E-state index in [1.165, 1.54) is 32.1 Å². The van der Waals surface area contributed by atoms with Crippen LogP contribution in [0.5, 0.6) is 5.75 Å². The van der Waals surface area contributed by atoms with Gasteiger partial charge in [-0.3, -0.25) is 4.79 Å². The van der Waals surface area contributed by atoms with Crippen LogP contribution in [0, 0.1) is 11.7 Å². The van der Waals surface area contributed by atoms with Gasteiger partial charge in [-0.05, 0) is 30.5 Å². The highest BCUT2D eigenvalue weighted by molar-refractivity contribution is 5.96. The summed E-state index contributed by atoms with van der Waals surface area (Å²) in [6.45, 7) is 0. The van der Waals surface area contributed by atoms with E-state index in [1.54, 1.807) is 6.07 Å². The van der Waals surface area contributed by atoms with Crippen LogP contribution in [0.1, 0.15) is 36.0 Å². The number of hydrogen-bond acceptors (Lipinski definition) is 2. The summed E-state index contributed by atoms with van der Waals surface area (Å²) in [7, 11) is 1.41. The van der Waals surface area contributed by atoms with Crippen LogP contribution in [0.25, 0.3) is 0 Å². The molecule has 86 valence electrons. The number of ketones is 1. The predicted octanol–water partition coefficient (Wildman–Crippen LogP) is 3.21. The molecule has 3 heteroatoms. The molecule has 16 heavy (non-hydrogen) atoms. The van der Waals surface area contributed by atoms with E-state index in [0.717, 1.165) is 12.3 Å². The fourth-order valence-electron chi connectivity index (χ4n) is 1.73. The third kappa shape index (κ3) is 2.60. The fourth-order valence-corrected chi connectivity index (χ4v) is 1.73. The molecule has 0 radical (unpaired) electrons. The van der Waals surface area contributed by atoms with Crippen LogP contribution in [0.3, 0.4) is 0 Å². The van der Waals surface area contributed by atoms with Crippen LogP contribution in [-0.4, -0.2) is 12.9 Å². The molecular weight excluding hydrogens is 207 g/mol. The molecule has 1 fully saturated rings. The summed E-state index contributed by atoms with van der Waals surface area (Å²) in [6, 6.07) is 4.38. The molecule has 0 unspecified atom stereocenters. The van der Waals surface area contributed by atoms with Crippen molar-refractivity contribution < 1.29 is 13.9 Å². The van der Waals surface area contributed by atoms with Crippen molar-refractivity contribution >= 4 is 5.78 Å². The van der Waals surface area contributed by atoms with E-state index < -0.39 is 5.82 Å². The normalized spacial score (nSPS) is 14.9. The zero-order valence-electron chi connectivity index (χ0n) is 9.33. The Balaban J connectivity index is 2.01. The second-order valence-corrected chi connectivity index (χ2v) is 4.25. The van der Waals surface area contributed by atoms with Crippen molar-refractivity contribution in [2.45, 2.75) is 25.7 Å². The highest BCUT2D eigenvalue weighted by atomic mass is 19.1. The summed E-state index contributed by atoms with van der Waals surface area (Å²) < 4.78 is 18.1. The van der Waals surface area contributed by atoms with E-state index in [-0.39, 0.29) is 11.5 Å². The van der Waals surface area contributed by atoms with Crippen LogP contribution in [0.15, 0.2) is 18.2 Å². The van der Waals surface area contributed by atoms with Crippen molar-refractivity contribution in [3.05, 3.63) is 29.6 Å². The molecule has 1 saturated carbocycles. The van der Waals surface area contributed by atoms with Crippen LogP contribution in [0.2, 0.25) is 0 Å². The van der Waals surface area contributed by atoms with Gasteiger partial charge in [-0.15, -0.1) is 0 Å². The maximum atomic E-state index is 13.3. The fraction of sp³-hybridized carbons (Fsp3) is 0.462. The lowest BCUT2D eigenvalue weighted by molar-refractivity contribution is 0.0977. The van der Waals surface area contributed by atoms with Gasteiger partial charge in [0.2, 0.25) is 0 Å². The lowest BCUT2D eigenvalue weighted by Gasteiger charge is -2.04. The third-order valence-electron chi connectivity index (χ3n) is 2.95. The molecule has 1 aliphatic carbocycles. The van der Waals surface area contributed by atoms with E-state index in [2.05, 4.69) is 0 Å². The summed E-state index contributed by atoms with van der Waals surface area (Å²) in [4.78, 5) is 11.7. The molecule has 0 aromatic heterocycles. The van der Waals surface area contributed by atoms with Gasteiger partial charge < -0.3 is 4.74 Å². The molecule has 0 bridgehead atoms. The minimum Gasteiger partial charge on any atom is -0.494 e. The van der Waals surface area contributed by atoms with Gasteiger partial charge in [0.25, 0.3) is 0 Å². The van der Waals surface area contributed by atoms with Gasteiger partial charge in [-0.1, -0.05) is 12.8 Å². The Bertz CT molecular complexity index is 397. The smallest absolute Gasteiger partial charge is 0.165 e. The molecule has 0 atom stereocenters. The first-order valence-electron chi connectivity index (χ1n) is 5.57. The first-order chi connectivity index (χ1) is 7.70. The molecule has 0 heterocycles. The van der Waals surface area contributed by atoms with Crippen molar-refractivity contribution in [2.75, 3.05) is 7.11 Å². The summed E-state index contributed by atoms with van der Waals surface area (Å²) in [5.41, 5.74) is 0.443. The van der Waals surface area contributed by atoms with E-state index in [1.807, 2.05) is 0 Å². The van der Waals surface area contributed by atoms with Crippen LogP contribution in [0.4, 0.5) is 4.39 Å². The highest BCUT2D eigenvalue weighted by Crippen LogP contribution is 2.34. The zero-order valence-corrected chi connectivity index (χ0v) is 9.33. The Kier molecular flexibility index (Phi) is 3.22. The van der Waals surface area contributed by atoms with Gasteiger partial charge in [0.15, 0.2) is 17.3 Å². The Morgan fingerprint density at radius 1 is 1.50 bits per heavy atom. The molecule has 0 saturated heterocycles. The first-order valence-corrected chi connectivity index (χ1v) is 5.57. The van der Waals surface area contributed by atoms with Gasteiger partial charge in [-0.2, -0.15) is 0 Å². The molecule has 1 aromatic rings. The molecule has 1 aliphatic rings. The Hall–Kier alpha value is -1.38. The maximum absolute atomic E-state index is 13.3. The van der Waals surface area contributed by atoms with E-state index in [0.29, 0.717) is 12.0 Å². The Morgan fingerprint density at radius 3 is 2.81 bits per heavy atom. The van der Waals surface area contributed by atoms with Gasteiger partial charge in [0.05, 0.1) is 7.11 Å². The van der Waals surface area contributed by atoms with E-state index in [9.17, 15) is 9.18 Å². The number of ether oxygens (including phenoxy) is 1. The largest absolute Gasteiger partial charge is 0.494 e. The molecule has 1 aromatic carbocycles. The maximum Gasteiger partial charge on any atom is 0.165 e. The van der Waals surface area contributed by atoms with Gasteiger partial charge in [0, 0.05) is 12.0 Å². The molecule has 0 N–H and O–H groups in total. The van der Waals surface area contributed by atoms with Crippen molar-refractivity contribution in [2.24, 2.45) is 5.92 Å². The molecule has 0 aliphatic heterocycles. The molecule has 2 rings (SSSR count). The van der Waals surface area contributed by atoms with Crippen molar-refractivity contribution in [1.29, 1.82) is 0 Å². The summed E-state index contributed by atoms with van der Waals surface area (Å²) in [6.07, 6.45) is 3.94. The summed E-state index contributed by atoms with van der Waals surface area (Å²) in [5.74, 6) is 0.457. The minimum atomic E-state index is -0.472. The van der Waals surface area contributed by atoms with Gasteiger partial charge >= 0.3 is 0 Å². The van der Waals surface area contributed by atoms with Crippen molar-refractivity contribution in [1.82, 2.24) is 0 Å². The number of carbonyl (C=O) groups is 1. The standard InChI is InChI=1S/C13H15FO2/c1-16-13-7-5-10(8-11(13)14)12(15)6-4-9-2-3-9/h5,7-9H,2-4,6H2,1H3. The summed E-state index contributed by atoms with van der Waals surface area (Å²) in [5, 5.41) is 0. The van der Waals surface area contributed by atoms with Crippen LogP contribution >= 0.6 is 0 Å². The SMILES string of the molecule is COc1ccc(C(=O)CCC2CC2)cc1F. The number of benzene rings is 1. The average Bonchev–Trinajstić information content (AvgIpc) is 3.09.